The van der Waals surface area contributed by atoms with Crippen molar-refractivity contribution in [3.8, 4) is 0 Å². The number of unbranched alkanes of at least 4 members (excludes halogenated alkanes) is 12. The fourth-order valence-electron chi connectivity index (χ4n) is 4.08. The maximum absolute atomic E-state index is 11.7. The molecular weight excluding hydrogens is 358 g/mol. The van der Waals surface area contributed by atoms with Crippen LogP contribution >= 0.6 is 0 Å². The summed E-state index contributed by atoms with van der Waals surface area (Å²) in [5.41, 5.74) is 0.515. The predicted molar refractivity (Wildman–Crippen MR) is 127 cm³/mol. The number of ether oxygens (including phenoxy) is 1. The van der Waals surface area contributed by atoms with E-state index in [1.54, 1.807) is 6.92 Å². The van der Waals surface area contributed by atoms with Crippen LogP contribution in [0.25, 0.3) is 0 Å². The van der Waals surface area contributed by atoms with Crippen molar-refractivity contribution in [2.45, 2.75) is 149 Å². The van der Waals surface area contributed by atoms with Crippen LogP contribution in [0.4, 0.5) is 0 Å². The molecule has 3 nitrogen and oxygen atoms in total. The highest BCUT2D eigenvalue weighted by Crippen LogP contribution is 2.25. The summed E-state index contributed by atoms with van der Waals surface area (Å²) in [4.78, 5) is 11.7. The van der Waals surface area contributed by atoms with Gasteiger partial charge in [-0.2, -0.15) is 0 Å². The van der Waals surface area contributed by atoms with E-state index in [1.165, 1.54) is 83.5 Å². The first-order valence-electron chi connectivity index (χ1n) is 12.5. The highest BCUT2D eigenvalue weighted by Gasteiger charge is 2.28. The Hall–Kier alpha value is -0.830. The Kier molecular flexibility index (Phi) is 17.5. The lowest BCUT2D eigenvalue weighted by molar-refractivity contribution is -0.146. The fourth-order valence-corrected chi connectivity index (χ4v) is 4.08. The van der Waals surface area contributed by atoms with Gasteiger partial charge in [-0.15, -0.1) is 0 Å². The Balaban J connectivity index is 3.86. The zero-order chi connectivity index (χ0) is 22.0. The molecule has 0 aliphatic carbocycles. The summed E-state index contributed by atoms with van der Waals surface area (Å²) in [5.74, 6) is -0.313. The fraction of sp³-hybridized carbons (Fsp3) is 0.885. The van der Waals surface area contributed by atoms with Crippen molar-refractivity contribution in [2.24, 2.45) is 0 Å². The van der Waals surface area contributed by atoms with E-state index in [0.717, 1.165) is 19.3 Å². The first-order valence-corrected chi connectivity index (χ1v) is 12.5. The molecule has 1 atom stereocenters. The summed E-state index contributed by atoms with van der Waals surface area (Å²) in [5, 5.41) is 3.57. The van der Waals surface area contributed by atoms with Crippen molar-refractivity contribution in [2.75, 3.05) is 0 Å². The molecule has 1 N–H and O–H groups in total. The van der Waals surface area contributed by atoms with Crippen LogP contribution in [-0.2, 0) is 9.53 Å². The van der Waals surface area contributed by atoms with E-state index in [0.29, 0.717) is 5.57 Å². The minimum absolute atomic E-state index is 0.0621. The number of rotatable bonds is 20. The van der Waals surface area contributed by atoms with E-state index < -0.39 is 0 Å². The number of nitrogens with one attached hydrogen (secondary N) is 1. The normalized spacial score (nSPS) is 12.7. The predicted octanol–water partition coefficient (Wildman–Crippen LogP) is 8.08. The maximum atomic E-state index is 11.7. The molecule has 0 amide bonds. The Morgan fingerprint density at radius 3 is 1.62 bits per heavy atom. The number of carbonyl (C=O) groups is 1. The molecule has 0 aromatic rings. The quantitative estimate of drug-likeness (QED) is 0.0955. The molecule has 0 saturated heterocycles. The molecule has 172 valence electrons. The average molecular weight is 410 g/mol. The molecule has 0 bridgehead atoms. The summed E-state index contributed by atoms with van der Waals surface area (Å²) >= 11 is 0. The molecule has 0 saturated carbocycles. The van der Waals surface area contributed by atoms with E-state index >= 15 is 0 Å². The van der Waals surface area contributed by atoms with E-state index in [1.807, 2.05) is 6.92 Å². The van der Waals surface area contributed by atoms with Gasteiger partial charge in [-0.3, -0.25) is 5.32 Å². The molecule has 1 unspecified atom stereocenters. The average Bonchev–Trinajstić information content (AvgIpc) is 2.70. The van der Waals surface area contributed by atoms with E-state index in [4.69, 9.17) is 4.74 Å². The number of hydrogen-bond acceptors (Lipinski definition) is 3. The molecule has 29 heavy (non-hydrogen) atoms. The first-order chi connectivity index (χ1) is 13.9. The summed E-state index contributed by atoms with van der Waals surface area (Å²) in [6.45, 7) is 14.0. The van der Waals surface area contributed by atoms with Crippen molar-refractivity contribution in [3.05, 3.63) is 12.2 Å². The Morgan fingerprint density at radius 2 is 1.24 bits per heavy atom. The molecule has 0 heterocycles. The number of carbonyl (C=O) groups excluding carboxylic acids is 1. The van der Waals surface area contributed by atoms with Crippen molar-refractivity contribution in [1.82, 2.24) is 5.32 Å². The first kappa shape index (κ1) is 28.2. The zero-order valence-corrected chi connectivity index (χ0v) is 20.4. The van der Waals surface area contributed by atoms with Crippen molar-refractivity contribution in [3.63, 3.8) is 0 Å². The van der Waals surface area contributed by atoms with Gasteiger partial charge in [-0.1, -0.05) is 111 Å². The molecular formula is C26H51NO2. The van der Waals surface area contributed by atoms with E-state index in [-0.39, 0.29) is 17.7 Å². The summed E-state index contributed by atoms with van der Waals surface area (Å²) in [6, 6.07) is 0. The van der Waals surface area contributed by atoms with Crippen molar-refractivity contribution >= 4 is 5.97 Å². The molecule has 0 radical (unpaired) electrons. The molecule has 0 aliphatic heterocycles. The van der Waals surface area contributed by atoms with Crippen LogP contribution in [0.1, 0.15) is 137 Å². The van der Waals surface area contributed by atoms with Crippen molar-refractivity contribution in [1.29, 1.82) is 0 Å². The molecule has 0 aromatic heterocycles. The Bertz CT molecular complexity index is 415. The van der Waals surface area contributed by atoms with Crippen LogP contribution in [0.15, 0.2) is 12.2 Å². The van der Waals surface area contributed by atoms with Gasteiger partial charge in [0, 0.05) is 11.1 Å². The molecule has 0 fully saturated rings. The summed E-state index contributed by atoms with van der Waals surface area (Å²) < 4.78 is 5.44. The van der Waals surface area contributed by atoms with Gasteiger partial charge in [-0.05, 0) is 33.1 Å². The second kappa shape index (κ2) is 18.0. The van der Waals surface area contributed by atoms with Crippen LogP contribution in [0, 0.1) is 0 Å². The minimum atomic E-state index is -0.313. The van der Waals surface area contributed by atoms with Gasteiger partial charge < -0.3 is 4.74 Å². The smallest absolute Gasteiger partial charge is 0.334 e. The van der Waals surface area contributed by atoms with Gasteiger partial charge in [0.25, 0.3) is 0 Å². The van der Waals surface area contributed by atoms with Gasteiger partial charge in [-0.25, -0.2) is 4.79 Å². The van der Waals surface area contributed by atoms with Gasteiger partial charge in [0.15, 0.2) is 6.23 Å². The lowest BCUT2D eigenvalue weighted by Gasteiger charge is -2.36. The maximum Gasteiger partial charge on any atom is 0.334 e. The minimum Gasteiger partial charge on any atom is -0.444 e. The van der Waals surface area contributed by atoms with Crippen LogP contribution in [-0.4, -0.2) is 17.7 Å². The van der Waals surface area contributed by atoms with Crippen LogP contribution in [0.5, 0.6) is 0 Å². The zero-order valence-electron chi connectivity index (χ0n) is 20.4. The van der Waals surface area contributed by atoms with E-state index in [2.05, 4.69) is 32.7 Å². The largest absolute Gasteiger partial charge is 0.444 e. The topological polar surface area (TPSA) is 38.3 Å². The summed E-state index contributed by atoms with van der Waals surface area (Å²) in [7, 11) is 0. The van der Waals surface area contributed by atoms with Crippen LogP contribution < -0.4 is 5.32 Å². The highest BCUT2D eigenvalue weighted by molar-refractivity contribution is 5.87. The second-order valence-electron chi connectivity index (χ2n) is 8.95. The lowest BCUT2D eigenvalue weighted by atomic mass is 9.86. The standard InChI is InChI=1S/C26H51NO2/c1-7-10-11-12-13-14-15-16-17-18-19-20-21-22-26(8-2,9-3)27-24(6)29-25(28)23(4)5/h24,27H,4,7-22H2,1-3,5-6H3. The highest BCUT2D eigenvalue weighted by atomic mass is 16.6. The van der Waals surface area contributed by atoms with Gasteiger partial charge in [0.05, 0.1) is 0 Å². The van der Waals surface area contributed by atoms with E-state index in [9.17, 15) is 4.79 Å². The third-order valence-corrected chi connectivity index (χ3v) is 6.25. The van der Waals surface area contributed by atoms with Crippen molar-refractivity contribution < 1.29 is 9.53 Å². The number of hydrogen-bond donors (Lipinski definition) is 1. The van der Waals surface area contributed by atoms with Crippen LogP contribution in [0.3, 0.4) is 0 Å². The molecule has 3 heteroatoms. The molecule has 0 aliphatic rings. The molecule has 0 rings (SSSR count). The summed E-state index contributed by atoms with van der Waals surface area (Å²) in [6.07, 6.45) is 21.0. The number of esters is 1. The van der Waals surface area contributed by atoms with Gasteiger partial charge in [0.1, 0.15) is 0 Å². The Morgan fingerprint density at radius 1 is 0.828 bits per heavy atom. The SMILES string of the molecule is C=C(C)C(=O)OC(C)NC(CC)(CC)CCCCCCCCCCCCCCC. The third-order valence-electron chi connectivity index (χ3n) is 6.25. The monoisotopic (exact) mass is 409 g/mol. The lowest BCUT2D eigenvalue weighted by Crippen LogP contribution is -2.50. The molecule has 0 aromatic carbocycles. The Labute approximate surface area is 182 Å². The van der Waals surface area contributed by atoms with Gasteiger partial charge >= 0.3 is 5.97 Å². The third kappa shape index (κ3) is 14.7. The van der Waals surface area contributed by atoms with Crippen LogP contribution in [0.2, 0.25) is 0 Å². The second-order valence-corrected chi connectivity index (χ2v) is 8.95. The van der Waals surface area contributed by atoms with Gasteiger partial charge in [0.2, 0.25) is 0 Å². The molecule has 0 spiro atoms.